The molecule has 1 unspecified atom stereocenters. The summed E-state index contributed by atoms with van der Waals surface area (Å²) in [5.74, 6) is 0.369. The summed E-state index contributed by atoms with van der Waals surface area (Å²) < 4.78 is 5.66. The highest BCUT2D eigenvalue weighted by Crippen LogP contribution is 2.29. The summed E-state index contributed by atoms with van der Waals surface area (Å²) in [6, 6.07) is 10.6. The van der Waals surface area contributed by atoms with Crippen LogP contribution in [0.1, 0.15) is 48.2 Å². The van der Waals surface area contributed by atoms with Crippen molar-refractivity contribution in [1.29, 1.82) is 0 Å². The van der Waals surface area contributed by atoms with Crippen molar-refractivity contribution in [2.75, 3.05) is 0 Å². The van der Waals surface area contributed by atoms with E-state index < -0.39 is 17.9 Å². The van der Waals surface area contributed by atoms with Crippen LogP contribution in [0.15, 0.2) is 40.8 Å². The molecule has 2 amide bonds. The number of nitrogens with one attached hydrogen (secondary N) is 1. The lowest BCUT2D eigenvalue weighted by molar-refractivity contribution is -0.120. The number of primary amides is 1. The molecule has 0 aliphatic heterocycles. The largest absolute Gasteiger partial charge is 0.451 e. The summed E-state index contributed by atoms with van der Waals surface area (Å²) in [5.41, 5.74) is 7.53. The molecule has 2 aromatic rings. The van der Waals surface area contributed by atoms with Gasteiger partial charge in [-0.25, -0.2) is 0 Å². The van der Waals surface area contributed by atoms with E-state index in [2.05, 4.69) is 5.32 Å². The van der Waals surface area contributed by atoms with Crippen LogP contribution >= 0.6 is 0 Å². The second-order valence-corrected chi connectivity index (χ2v) is 6.84. The minimum atomic E-state index is -0.650. The number of hydrogen-bond acceptors (Lipinski definition) is 3. The molecule has 1 aromatic carbocycles. The Morgan fingerprint density at radius 1 is 1.16 bits per heavy atom. The average Bonchev–Trinajstić information content (AvgIpc) is 3.26. The SMILES string of the molecule is Cc1ccc(-c2ccc(C(=O)NC(CC3CCCC3)C(N)=O)o2)cc1. The van der Waals surface area contributed by atoms with E-state index in [4.69, 9.17) is 10.2 Å². The van der Waals surface area contributed by atoms with Crippen LogP contribution in [0.4, 0.5) is 0 Å². The fourth-order valence-electron chi connectivity index (χ4n) is 3.39. The molecule has 3 rings (SSSR count). The summed E-state index contributed by atoms with van der Waals surface area (Å²) in [5, 5.41) is 2.73. The zero-order valence-corrected chi connectivity index (χ0v) is 14.5. The van der Waals surface area contributed by atoms with Crippen LogP contribution in [0.25, 0.3) is 11.3 Å². The van der Waals surface area contributed by atoms with Crippen molar-refractivity contribution in [3.05, 3.63) is 47.7 Å². The standard InChI is InChI=1S/C20H24N2O3/c1-13-6-8-15(9-7-13)17-10-11-18(25-17)20(24)22-16(19(21)23)12-14-4-2-3-5-14/h6-11,14,16H,2-5,12H2,1H3,(H2,21,23)(H,22,24). The van der Waals surface area contributed by atoms with Crippen LogP contribution in [-0.4, -0.2) is 17.9 Å². The Balaban J connectivity index is 1.67. The minimum Gasteiger partial charge on any atom is -0.451 e. The zero-order valence-electron chi connectivity index (χ0n) is 14.5. The molecule has 0 saturated heterocycles. The first-order valence-electron chi connectivity index (χ1n) is 8.80. The van der Waals surface area contributed by atoms with Gasteiger partial charge >= 0.3 is 0 Å². The summed E-state index contributed by atoms with van der Waals surface area (Å²) in [4.78, 5) is 24.1. The molecule has 0 radical (unpaired) electrons. The van der Waals surface area contributed by atoms with Crippen LogP contribution in [0.3, 0.4) is 0 Å². The molecule has 1 aliphatic rings. The van der Waals surface area contributed by atoms with Gasteiger partial charge in [0, 0.05) is 5.56 Å². The Hall–Kier alpha value is -2.56. The third-order valence-electron chi connectivity index (χ3n) is 4.86. The second-order valence-electron chi connectivity index (χ2n) is 6.84. The lowest BCUT2D eigenvalue weighted by Gasteiger charge is -2.18. The summed E-state index contributed by atoms with van der Waals surface area (Å²) in [7, 11) is 0. The highest BCUT2D eigenvalue weighted by atomic mass is 16.3. The van der Waals surface area contributed by atoms with E-state index in [0.29, 0.717) is 18.1 Å². The van der Waals surface area contributed by atoms with Crippen LogP contribution in [0.2, 0.25) is 0 Å². The van der Waals surface area contributed by atoms with E-state index in [1.165, 1.54) is 12.8 Å². The maximum atomic E-state index is 12.4. The van der Waals surface area contributed by atoms with Crippen LogP contribution in [-0.2, 0) is 4.79 Å². The topological polar surface area (TPSA) is 85.3 Å². The number of benzene rings is 1. The number of aryl methyl sites for hydroxylation is 1. The van der Waals surface area contributed by atoms with E-state index >= 15 is 0 Å². The first-order valence-corrected chi connectivity index (χ1v) is 8.80. The van der Waals surface area contributed by atoms with Crippen molar-refractivity contribution in [3.8, 4) is 11.3 Å². The van der Waals surface area contributed by atoms with Crippen molar-refractivity contribution in [2.45, 2.75) is 45.1 Å². The Morgan fingerprint density at radius 3 is 2.48 bits per heavy atom. The molecule has 3 N–H and O–H groups in total. The molecule has 1 aromatic heterocycles. The fraction of sp³-hybridized carbons (Fsp3) is 0.400. The fourth-order valence-corrected chi connectivity index (χ4v) is 3.39. The van der Waals surface area contributed by atoms with Crippen molar-refractivity contribution in [2.24, 2.45) is 11.7 Å². The lowest BCUT2D eigenvalue weighted by Crippen LogP contribution is -2.45. The van der Waals surface area contributed by atoms with E-state index in [-0.39, 0.29) is 5.76 Å². The predicted octanol–water partition coefficient (Wildman–Crippen LogP) is 3.42. The van der Waals surface area contributed by atoms with Crippen LogP contribution in [0, 0.1) is 12.8 Å². The molecular weight excluding hydrogens is 316 g/mol. The molecule has 5 heteroatoms. The van der Waals surface area contributed by atoms with Crippen molar-refractivity contribution >= 4 is 11.8 Å². The van der Waals surface area contributed by atoms with Gasteiger partial charge in [-0.15, -0.1) is 0 Å². The highest BCUT2D eigenvalue weighted by Gasteiger charge is 2.26. The summed E-state index contributed by atoms with van der Waals surface area (Å²) >= 11 is 0. The van der Waals surface area contributed by atoms with Gasteiger partial charge in [0.05, 0.1) is 0 Å². The van der Waals surface area contributed by atoms with Gasteiger partial charge in [0.15, 0.2) is 5.76 Å². The van der Waals surface area contributed by atoms with Crippen molar-refractivity contribution in [1.82, 2.24) is 5.32 Å². The number of carbonyl (C=O) groups is 2. The number of amides is 2. The Morgan fingerprint density at radius 2 is 1.84 bits per heavy atom. The van der Waals surface area contributed by atoms with Gasteiger partial charge in [-0.3, -0.25) is 9.59 Å². The molecule has 1 saturated carbocycles. The van der Waals surface area contributed by atoms with Crippen molar-refractivity contribution in [3.63, 3.8) is 0 Å². The molecule has 0 spiro atoms. The Labute approximate surface area is 147 Å². The van der Waals surface area contributed by atoms with Gasteiger partial charge < -0.3 is 15.5 Å². The molecule has 1 aliphatic carbocycles. The quantitative estimate of drug-likeness (QED) is 0.845. The van der Waals surface area contributed by atoms with Crippen LogP contribution in [0.5, 0.6) is 0 Å². The zero-order chi connectivity index (χ0) is 17.8. The van der Waals surface area contributed by atoms with Gasteiger partial charge in [-0.1, -0.05) is 55.5 Å². The Bertz CT molecular complexity index is 743. The smallest absolute Gasteiger partial charge is 0.287 e. The number of hydrogen-bond donors (Lipinski definition) is 2. The van der Waals surface area contributed by atoms with Crippen molar-refractivity contribution < 1.29 is 14.0 Å². The molecule has 1 heterocycles. The Kier molecular flexibility index (Phi) is 5.22. The normalized spacial score (nSPS) is 15.9. The minimum absolute atomic E-state index is 0.188. The van der Waals surface area contributed by atoms with E-state index in [9.17, 15) is 9.59 Å². The maximum Gasteiger partial charge on any atom is 0.287 e. The molecular formula is C20H24N2O3. The molecule has 1 atom stereocenters. The third kappa shape index (κ3) is 4.29. The molecule has 1 fully saturated rings. The van der Waals surface area contributed by atoms with E-state index in [1.807, 2.05) is 31.2 Å². The number of nitrogens with two attached hydrogens (primary N) is 1. The van der Waals surface area contributed by atoms with Gasteiger partial charge in [0.1, 0.15) is 11.8 Å². The second kappa shape index (κ2) is 7.55. The molecule has 0 bridgehead atoms. The number of carbonyl (C=O) groups excluding carboxylic acids is 2. The molecule has 5 nitrogen and oxygen atoms in total. The van der Waals surface area contributed by atoms with Crippen LogP contribution < -0.4 is 11.1 Å². The number of furan rings is 1. The molecule has 25 heavy (non-hydrogen) atoms. The molecule has 132 valence electrons. The average molecular weight is 340 g/mol. The van der Waals surface area contributed by atoms with E-state index in [1.54, 1.807) is 12.1 Å². The monoisotopic (exact) mass is 340 g/mol. The summed E-state index contributed by atoms with van der Waals surface area (Å²) in [6.07, 6.45) is 5.16. The van der Waals surface area contributed by atoms with Gasteiger partial charge in [0.2, 0.25) is 5.91 Å². The van der Waals surface area contributed by atoms with E-state index in [0.717, 1.165) is 24.0 Å². The maximum absolute atomic E-state index is 12.4. The predicted molar refractivity (Wildman–Crippen MR) is 95.9 cm³/mol. The van der Waals surface area contributed by atoms with Gasteiger partial charge in [0.25, 0.3) is 5.91 Å². The highest BCUT2D eigenvalue weighted by molar-refractivity contribution is 5.95. The third-order valence-corrected chi connectivity index (χ3v) is 4.86. The summed E-state index contributed by atoms with van der Waals surface area (Å²) in [6.45, 7) is 2.01. The van der Waals surface area contributed by atoms with Gasteiger partial charge in [-0.05, 0) is 31.4 Å². The first-order chi connectivity index (χ1) is 12.0. The van der Waals surface area contributed by atoms with Gasteiger partial charge in [-0.2, -0.15) is 0 Å². The first kappa shape index (κ1) is 17.3. The number of rotatable bonds is 6. The lowest BCUT2D eigenvalue weighted by atomic mass is 9.98.